The van der Waals surface area contributed by atoms with E-state index in [1.54, 1.807) is 6.08 Å². The van der Waals surface area contributed by atoms with Crippen LogP contribution in [0, 0.1) is 0 Å². The number of ketones is 1. The van der Waals surface area contributed by atoms with Gasteiger partial charge in [-0.25, -0.2) is 0 Å². The fourth-order valence-electron chi connectivity index (χ4n) is 1.95. The molecule has 1 unspecified atom stereocenters. The molecule has 0 aromatic carbocycles. The van der Waals surface area contributed by atoms with Crippen molar-refractivity contribution in [3.8, 4) is 0 Å². The lowest BCUT2D eigenvalue weighted by Gasteiger charge is -2.38. The molecule has 1 saturated heterocycles. The third-order valence-corrected chi connectivity index (χ3v) is 2.80. The molecular weight excluding hydrogens is 162 g/mol. The monoisotopic (exact) mass is 177 g/mol. The third-order valence-electron chi connectivity index (χ3n) is 2.80. The highest BCUT2D eigenvalue weighted by Crippen LogP contribution is 2.28. The van der Waals surface area contributed by atoms with Crippen LogP contribution in [0.3, 0.4) is 0 Å². The van der Waals surface area contributed by atoms with E-state index in [1.807, 2.05) is 6.08 Å². The van der Waals surface area contributed by atoms with Crippen LogP contribution in [0.5, 0.6) is 0 Å². The molecule has 0 aromatic rings. The third kappa shape index (κ3) is 1.59. The molecule has 0 bridgehead atoms. The molecule has 0 saturated carbocycles. The summed E-state index contributed by atoms with van der Waals surface area (Å²) in [5.74, 6) is 0.199. The zero-order valence-electron chi connectivity index (χ0n) is 8.13. The van der Waals surface area contributed by atoms with Crippen LogP contribution in [-0.2, 0) is 4.79 Å². The number of allylic oxidation sites excluding steroid dienone is 2. The van der Waals surface area contributed by atoms with Gasteiger partial charge in [-0.3, -0.25) is 10.1 Å². The van der Waals surface area contributed by atoms with Crippen LogP contribution in [0.15, 0.2) is 23.8 Å². The number of carbonyl (C=O) groups excluding carboxylic acids is 1. The molecule has 2 aliphatic rings. The highest BCUT2D eigenvalue weighted by Gasteiger charge is 2.33. The molecule has 1 aliphatic carbocycles. The quantitative estimate of drug-likeness (QED) is 0.608. The predicted molar refractivity (Wildman–Crippen MR) is 52.5 cm³/mol. The summed E-state index contributed by atoms with van der Waals surface area (Å²) in [6.07, 6.45) is 7.72. The second-order valence-corrected chi connectivity index (χ2v) is 4.46. The van der Waals surface area contributed by atoms with Crippen molar-refractivity contribution in [1.29, 1.82) is 0 Å². The van der Waals surface area contributed by atoms with E-state index in [2.05, 4.69) is 25.2 Å². The van der Waals surface area contributed by atoms with Gasteiger partial charge >= 0.3 is 0 Å². The van der Waals surface area contributed by atoms with Crippen molar-refractivity contribution < 1.29 is 4.79 Å². The van der Waals surface area contributed by atoms with Crippen LogP contribution in [0.4, 0.5) is 0 Å². The lowest BCUT2D eigenvalue weighted by Crippen LogP contribution is -2.54. The Balaban J connectivity index is 2.24. The van der Waals surface area contributed by atoms with Crippen molar-refractivity contribution in [3.63, 3.8) is 0 Å². The summed E-state index contributed by atoms with van der Waals surface area (Å²) >= 11 is 0. The molecule has 0 amide bonds. The number of fused-ring (bicyclic) bond motifs is 1. The molecular formula is C11H15NO. The topological polar surface area (TPSA) is 29.1 Å². The first-order chi connectivity index (χ1) is 6.08. The Kier molecular flexibility index (Phi) is 1.88. The predicted octanol–water partition coefficient (Wildman–Crippen LogP) is 1.58. The van der Waals surface area contributed by atoms with Crippen molar-refractivity contribution in [2.45, 2.75) is 38.3 Å². The molecule has 13 heavy (non-hydrogen) atoms. The smallest absolute Gasteiger partial charge is 0.176 e. The minimum absolute atomic E-state index is 0.0475. The lowest BCUT2D eigenvalue weighted by molar-refractivity contribution is -0.116. The Labute approximate surface area is 78.7 Å². The number of nitrogens with one attached hydrogen (secondary N) is 1. The van der Waals surface area contributed by atoms with Crippen LogP contribution in [0.25, 0.3) is 0 Å². The molecule has 1 fully saturated rings. The first kappa shape index (κ1) is 8.70. The fraction of sp³-hybridized carbons (Fsp3) is 0.545. The van der Waals surface area contributed by atoms with Gasteiger partial charge in [-0.2, -0.15) is 0 Å². The van der Waals surface area contributed by atoms with Gasteiger partial charge in [0.15, 0.2) is 5.78 Å². The Morgan fingerprint density at radius 2 is 2.31 bits per heavy atom. The minimum Gasteiger partial charge on any atom is -0.299 e. The van der Waals surface area contributed by atoms with Crippen molar-refractivity contribution in [1.82, 2.24) is 5.32 Å². The molecule has 2 nitrogen and oxygen atoms in total. The number of hydrogen-bond donors (Lipinski definition) is 1. The molecule has 1 heterocycles. The zero-order chi connectivity index (χ0) is 9.47. The van der Waals surface area contributed by atoms with E-state index < -0.39 is 0 Å². The second-order valence-electron chi connectivity index (χ2n) is 4.46. The SMILES string of the molecule is CC1(C)CCC2=CC=CC(=O)C2N1. The van der Waals surface area contributed by atoms with E-state index in [9.17, 15) is 4.79 Å². The maximum absolute atomic E-state index is 11.5. The summed E-state index contributed by atoms with van der Waals surface area (Å²) in [5, 5.41) is 3.38. The number of carbonyl (C=O) groups is 1. The molecule has 2 heteroatoms. The maximum Gasteiger partial charge on any atom is 0.176 e. The van der Waals surface area contributed by atoms with Gasteiger partial charge in [-0.1, -0.05) is 12.2 Å². The lowest BCUT2D eigenvalue weighted by atomic mass is 9.82. The van der Waals surface area contributed by atoms with Crippen LogP contribution < -0.4 is 5.32 Å². The van der Waals surface area contributed by atoms with Gasteiger partial charge in [0, 0.05) is 5.54 Å². The number of hydrogen-bond acceptors (Lipinski definition) is 2. The summed E-state index contributed by atoms with van der Waals surface area (Å²) in [6.45, 7) is 4.30. The van der Waals surface area contributed by atoms with Gasteiger partial charge in [0.1, 0.15) is 0 Å². The Bertz CT molecular complexity index is 299. The highest BCUT2D eigenvalue weighted by atomic mass is 16.1. The molecule has 1 N–H and O–H groups in total. The van der Waals surface area contributed by atoms with E-state index >= 15 is 0 Å². The van der Waals surface area contributed by atoms with E-state index in [0.717, 1.165) is 12.8 Å². The number of piperidine rings is 1. The standard InChI is InChI=1S/C11H15NO/c1-11(2)7-6-8-4-3-5-9(13)10(8)12-11/h3-5,10,12H,6-7H2,1-2H3. The molecule has 1 atom stereocenters. The van der Waals surface area contributed by atoms with Gasteiger partial charge < -0.3 is 0 Å². The van der Waals surface area contributed by atoms with E-state index in [4.69, 9.17) is 0 Å². The molecule has 0 spiro atoms. The summed E-state index contributed by atoms with van der Waals surface area (Å²) in [7, 11) is 0. The second kappa shape index (κ2) is 2.81. The van der Waals surface area contributed by atoms with Crippen LogP contribution >= 0.6 is 0 Å². The minimum atomic E-state index is -0.0475. The molecule has 0 radical (unpaired) electrons. The van der Waals surface area contributed by atoms with Gasteiger partial charge in [0.2, 0.25) is 0 Å². The largest absolute Gasteiger partial charge is 0.299 e. The van der Waals surface area contributed by atoms with Crippen LogP contribution in [-0.4, -0.2) is 17.4 Å². The van der Waals surface area contributed by atoms with Gasteiger partial charge in [-0.15, -0.1) is 0 Å². The van der Waals surface area contributed by atoms with E-state index in [0.29, 0.717) is 0 Å². The summed E-state index contributed by atoms with van der Waals surface area (Å²) in [5.41, 5.74) is 1.34. The zero-order valence-corrected chi connectivity index (χ0v) is 8.13. The first-order valence-electron chi connectivity index (χ1n) is 4.77. The van der Waals surface area contributed by atoms with Gasteiger partial charge in [0.05, 0.1) is 6.04 Å². The molecule has 2 rings (SSSR count). The Morgan fingerprint density at radius 3 is 3.08 bits per heavy atom. The summed E-state index contributed by atoms with van der Waals surface area (Å²) in [4.78, 5) is 11.5. The highest BCUT2D eigenvalue weighted by molar-refractivity contribution is 5.98. The summed E-state index contributed by atoms with van der Waals surface area (Å²) < 4.78 is 0. The van der Waals surface area contributed by atoms with Gasteiger partial charge in [-0.05, 0) is 38.3 Å². The van der Waals surface area contributed by atoms with Crippen LogP contribution in [0.1, 0.15) is 26.7 Å². The van der Waals surface area contributed by atoms with Crippen molar-refractivity contribution in [3.05, 3.63) is 23.8 Å². The van der Waals surface area contributed by atoms with Crippen molar-refractivity contribution in [2.75, 3.05) is 0 Å². The Morgan fingerprint density at radius 1 is 1.54 bits per heavy atom. The molecule has 0 aromatic heterocycles. The van der Waals surface area contributed by atoms with E-state index in [1.165, 1.54) is 5.57 Å². The number of rotatable bonds is 0. The van der Waals surface area contributed by atoms with Crippen molar-refractivity contribution >= 4 is 5.78 Å². The average molecular weight is 177 g/mol. The normalized spacial score (nSPS) is 31.1. The molecule has 1 aliphatic heterocycles. The van der Waals surface area contributed by atoms with Crippen LogP contribution in [0.2, 0.25) is 0 Å². The van der Waals surface area contributed by atoms with E-state index in [-0.39, 0.29) is 17.4 Å². The average Bonchev–Trinajstić information content (AvgIpc) is 2.06. The molecule has 70 valence electrons. The maximum atomic E-state index is 11.5. The van der Waals surface area contributed by atoms with Crippen molar-refractivity contribution in [2.24, 2.45) is 0 Å². The van der Waals surface area contributed by atoms with Gasteiger partial charge in [0.25, 0.3) is 0 Å². The Hall–Kier alpha value is -0.890. The fourth-order valence-corrected chi connectivity index (χ4v) is 1.95. The first-order valence-corrected chi connectivity index (χ1v) is 4.77. The summed E-state index contributed by atoms with van der Waals surface area (Å²) in [6, 6.07) is -0.0475.